The molecule has 0 unspecified atom stereocenters. The average Bonchev–Trinajstić information content (AvgIpc) is 1.55. The molecule has 544 valence electrons. The molecule has 5 aromatic rings. The molecule has 12 atom stereocenters. The molecule has 1 aliphatic carbocycles. The van der Waals surface area contributed by atoms with Crippen molar-refractivity contribution < 1.29 is 100 Å². The zero-order chi connectivity index (χ0) is 74.0. The summed E-state index contributed by atoms with van der Waals surface area (Å²) in [6.07, 6.45) is -10.7. The van der Waals surface area contributed by atoms with E-state index in [1.807, 2.05) is 48.5 Å². The molecule has 1 fully saturated rings. The number of esters is 5. The van der Waals surface area contributed by atoms with E-state index in [4.69, 9.17) is 42.6 Å². The number of carbonyl (C=O) groups is 12. The summed E-state index contributed by atoms with van der Waals surface area (Å²) in [6.45, 7) is 12.2. The number of nitrogens with one attached hydrogen (secondary N) is 7. The van der Waals surface area contributed by atoms with Crippen LogP contribution in [-0.4, -0.2) is 164 Å². The minimum atomic E-state index is -2.05. The molecular formula is C74H87N7O21. The average molecular weight is 1410 g/mol. The molecule has 0 radical (unpaired) electrons. The number of amides is 7. The second kappa shape index (κ2) is 38.7. The van der Waals surface area contributed by atoms with Gasteiger partial charge in [-0.1, -0.05) is 166 Å². The van der Waals surface area contributed by atoms with E-state index in [1.165, 1.54) is 19.9 Å². The van der Waals surface area contributed by atoms with Gasteiger partial charge in [-0.2, -0.15) is 0 Å². The summed E-state index contributed by atoms with van der Waals surface area (Å²) in [5, 5.41) is 18.0. The second-order valence-electron chi connectivity index (χ2n) is 24.6. The minimum absolute atomic E-state index is 0.118. The molecule has 0 spiro atoms. The molecular weight excluding hydrogens is 1320 g/mol. The minimum Gasteiger partial charge on any atom is -0.463 e. The maximum absolute atomic E-state index is 15.5. The molecule has 1 heterocycles. The molecule has 28 heteroatoms. The molecule has 7 rings (SSSR count). The van der Waals surface area contributed by atoms with Gasteiger partial charge in [-0.15, -0.1) is 0 Å². The van der Waals surface area contributed by atoms with Gasteiger partial charge in [0.25, 0.3) is 0 Å². The van der Waals surface area contributed by atoms with Gasteiger partial charge < -0.3 is 79.8 Å². The molecule has 102 heavy (non-hydrogen) atoms. The van der Waals surface area contributed by atoms with Gasteiger partial charge in [-0.3, -0.25) is 47.9 Å². The third-order valence-electron chi connectivity index (χ3n) is 16.4. The number of benzene rings is 5. The lowest BCUT2D eigenvalue weighted by molar-refractivity contribution is -0.228. The number of ether oxygens (including phenoxy) is 9. The molecule has 0 saturated carbocycles. The fourth-order valence-electron chi connectivity index (χ4n) is 11.4. The van der Waals surface area contributed by atoms with Gasteiger partial charge in [0.05, 0.1) is 38.3 Å². The Morgan fingerprint density at radius 1 is 0.480 bits per heavy atom. The van der Waals surface area contributed by atoms with Gasteiger partial charge in [0.15, 0.2) is 18.4 Å². The van der Waals surface area contributed by atoms with Crippen LogP contribution in [0.5, 0.6) is 0 Å². The molecule has 1 aliphatic heterocycles. The number of rotatable bonds is 35. The van der Waals surface area contributed by atoms with Crippen LogP contribution in [0.2, 0.25) is 0 Å². The maximum Gasteiger partial charge on any atom is 0.407 e. The molecule has 7 amide bonds. The normalized spacial score (nSPS) is 18.0. The lowest BCUT2D eigenvalue weighted by Gasteiger charge is -2.45. The monoisotopic (exact) mass is 1410 g/mol. The second-order valence-corrected chi connectivity index (χ2v) is 24.6. The van der Waals surface area contributed by atoms with Crippen molar-refractivity contribution in [3.05, 3.63) is 180 Å². The van der Waals surface area contributed by atoms with Crippen LogP contribution in [0, 0.1) is 5.92 Å². The van der Waals surface area contributed by atoms with Crippen molar-refractivity contribution in [1.29, 1.82) is 0 Å². The third-order valence-corrected chi connectivity index (χ3v) is 16.4. The molecule has 5 aromatic carbocycles. The predicted molar refractivity (Wildman–Crippen MR) is 365 cm³/mol. The lowest BCUT2D eigenvalue weighted by Crippen LogP contribution is -2.70. The van der Waals surface area contributed by atoms with E-state index in [0.29, 0.717) is 16.7 Å². The quantitative estimate of drug-likeness (QED) is 0.0164. The van der Waals surface area contributed by atoms with Crippen molar-refractivity contribution in [1.82, 2.24) is 37.2 Å². The van der Waals surface area contributed by atoms with Gasteiger partial charge in [-0.25, -0.2) is 9.59 Å². The van der Waals surface area contributed by atoms with Crippen LogP contribution in [0.15, 0.2) is 152 Å². The number of carbonyl (C=O) groups excluding carboxylic acids is 12. The molecule has 0 bridgehead atoms. The van der Waals surface area contributed by atoms with Gasteiger partial charge in [0.1, 0.15) is 68.8 Å². The zero-order valence-corrected chi connectivity index (χ0v) is 57.9. The first-order valence-corrected chi connectivity index (χ1v) is 33.1. The van der Waals surface area contributed by atoms with Crippen molar-refractivity contribution in [3.63, 3.8) is 0 Å². The van der Waals surface area contributed by atoms with Crippen molar-refractivity contribution in [2.24, 2.45) is 5.92 Å². The Morgan fingerprint density at radius 3 is 1.47 bits per heavy atom. The predicted octanol–water partition coefficient (Wildman–Crippen LogP) is 4.72. The van der Waals surface area contributed by atoms with Gasteiger partial charge in [-0.05, 0) is 58.7 Å². The zero-order valence-electron chi connectivity index (χ0n) is 57.9. The SMILES string of the molecule is C=CCOC(=O)[C@H](CC(=O)OCc1ccccc1)NC(=O)[C@@H](NC(=O)[C@@H](NC(=O)[C@H](CC(=O)N[C@@H]1O[C@H](COC(C)=O)[C@@H](OC(C)=O)[C@H](OC(C)=O)[C@H]1NC(C)=O)NC(=O)[C@@H](NC(=O)OCC1c2ccccc2-c2ccccc21)C(C)C)[C@@H](C)OCc1ccccc1)[C@@H](C)OCc1ccccc1. The van der Waals surface area contributed by atoms with Gasteiger partial charge in [0, 0.05) is 33.6 Å². The summed E-state index contributed by atoms with van der Waals surface area (Å²) in [5.74, 6) is -12.2. The summed E-state index contributed by atoms with van der Waals surface area (Å²) >= 11 is 0. The van der Waals surface area contributed by atoms with Crippen LogP contribution in [0.3, 0.4) is 0 Å². The van der Waals surface area contributed by atoms with Crippen molar-refractivity contribution in [3.8, 4) is 11.1 Å². The molecule has 0 aromatic heterocycles. The molecule has 28 nitrogen and oxygen atoms in total. The number of alkyl carbamates (subject to hydrolysis) is 1. The smallest absolute Gasteiger partial charge is 0.407 e. The largest absolute Gasteiger partial charge is 0.463 e. The highest BCUT2D eigenvalue weighted by Gasteiger charge is 2.52. The summed E-state index contributed by atoms with van der Waals surface area (Å²) in [6, 6.07) is 30.9. The van der Waals surface area contributed by atoms with Gasteiger partial charge in [0.2, 0.25) is 35.4 Å². The number of fused-ring (bicyclic) bond motifs is 3. The van der Waals surface area contributed by atoms with Crippen molar-refractivity contribution in [2.45, 2.75) is 167 Å². The van der Waals surface area contributed by atoms with Crippen LogP contribution in [0.25, 0.3) is 11.1 Å². The summed E-state index contributed by atoms with van der Waals surface area (Å²) in [7, 11) is 0. The van der Waals surface area contributed by atoms with E-state index < -0.39 is 170 Å². The summed E-state index contributed by atoms with van der Waals surface area (Å²) in [5.41, 5.74) is 5.63. The van der Waals surface area contributed by atoms with Crippen LogP contribution >= 0.6 is 0 Å². The molecule has 1 saturated heterocycles. The first-order valence-electron chi connectivity index (χ1n) is 33.1. The Hall–Kier alpha value is -10.8. The Balaban J connectivity index is 1.24. The van der Waals surface area contributed by atoms with Crippen LogP contribution in [0.4, 0.5) is 4.79 Å². The van der Waals surface area contributed by atoms with Crippen molar-refractivity contribution >= 4 is 71.4 Å². The maximum atomic E-state index is 15.5. The van der Waals surface area contributed by atoms with Crippen molar-refractivity contribution in [2.75, 3.05) is 19.8 Å². The van der Waals surface area contributed by atoms with E-state index in [0.717, 1.165) is 49.9 Å². The first kappa shape index (κ1) is 78.5. The Labute approximate surface area is 590 Å². The van der Waals surface area contributed by atoms with E-state index in [1.54, 1.807) is 105 Å². The Kier molecular flexibility index (Phi) is 29.8. The van der Waals surface area contributed by atoms with E-state index >= 15 is 9.59 Å². The first-order chi connectivity index (χ1) is 48.8. The van der Waals surface area contributed by atoms with E-state index in [9.17, 15) is 47.9 Å². The van der Waals surface area contributed by atoms with Crippen LogP contribution < -0.4 is 37.2 Å². The van der Waals surface area contributed by atoms with E-state index in [-0.39, 0.29) is 39.0 Å². The molecule has 2 aliphatic rings. The molecule has 7 N–H and O–H groups in total. The van der Waals surface area contributed by atoms with Crippen LogP contribution in [0.1, 0.15) is 102 Å². The lowest BCUT2D eigenvalue weighted by atomic mass is 9.94. The highest BCUT2D eigenvalue weighted by atomic mass is 16.6. The highest BCUT2D eigenvalue weighted by molar-refractivity contribution is 5.98. The Morgan fingerprint density at radius 2 is 0.961 bits per heavy atom. The van der Waals surface area contributed by atoms with Gasteiger partial charge >= 0.3 is 35.9 Å². The fraction of sp³-hybridized carbons (Fsp3) is 0.405. The number of hydrogen-bond acceptors (Lipinski definition) is 21. The standard InChI is InChI=1S/C74H87N7O21/c1-10-34-94-73(92)58(36-61(87)98-39-51-28-18-13-19-29-51)77-70(90)63(43(4)95-37-49-24-14-11-15-25-49)80-71(91)64(44(5)96-38-50-26-16-12-17-27-50)79-68(88)57(35-60(86)78-72-65(75-45(6)82)67(101-48(9)85)66(100-47(8)84)59(102-72)41-97-46(7)83)76-69(89)62(42(2)3)81-74(93)99-40-56-54-32-22-20-30-52(54)53-31-21-23-33-55(53)56/h10-33,42-44,56-59,62-67,72H,1,34-41H2,2-9H3,(H,75,82)(H,76,89)(H,77,90)(H,78,86)(H,79,88)(H,80,91)(H,81,93)/t43-,44-,57+,58+,59-,62+,63+,64+,65-,66-,67-,72-/m1/s1. The number of hydrogen-bond donors (Lipinski definition) is 7. The topological polar surface area (TPSA) is 372 Å². The van der Waals surface area contributed by atoms with Crippen LogP contribution in [-0.2, 0) is 115 Å². The Bertz CT molecular complexity index is 3700. The fourth-order valence-corrected chi connectivity index (χ4v) is 11.4. The summed E-state index contributed by atoms with van der Waals surface area (Å²) in [4.78, 5) is 167. The highest BCUT2D eigenvalue weighted by Crippen LogP contribution is 2.44. The summed E-state index contributed by atoms with van der Waals surface area (Å²) < 4.78 is 51.6. The third kappa shape index (κ3) is 23.4. The van der Waals surface area contributed by atoms with E-state index in [2.05, 4.69) is 43.8 Å².